The Kier molecular flexibility index (Phi) is 2.21. The van der Waals surface area contributed by atoms with Crippen molar-refractivity contribution in [2.45, 2.75) is 19.9 Å². The molecule has 3 rings (SSSR count). The summed E-state index contributed by atoms with van der Waals surface area (Å²) in [5.41, 5.74) is 2.66. The summed E-state index contributed by atoms with van der Waals surface area (Å²) >= 11 is 0. The van der Waals surface area contributed by atoms with Crippen molar-refractivity contribution in [3.8, 4) is 5.69 Å². The monoisotopic (exact) mass is 227 g/mol. The third-order valence-corrected chi connectivity index (χ3v) is 3.04. The van der Waals surface area contributed by atoms with Crippen molar-refractivity contribution in [3.63, 3.8) is 0 Å². The lowest BCUT2D eigenvalue weighted by Gasteiger charge is -2.10. The van der Waals surface area contributed by atoms with E-state index in [4.69, 9.17) is 0 Å². The standard InChI is InChI=1S/C13H13N3O/c1-2-12-14-7-9-8-15-13(17)10-5-3-4-6-11(10)16(9)12/h3-7H,2,8H2,1H3,(H,15,17). The molecule has 4 heteroatoms. The highest BCUT2D eigenvalue weighted by molar-refractivity contribution is 5.98. The molecule has 0 unspecified atom stereocenters. The first-order chi connectivity index (χ1) is 8.31. The summed E-state index contributed by atoms with van der Waals surface area (Å²) in [6.45, 7) is 2.60. The van der Waals surface area contributed by atoms with Crippen LogP contribution in [0, 0.1) is 0 Å². The third-order valence-electron chi connectivity index (χ3n) is 3.04. The first-order valence-electron chi connectivity index (χ1n) is 5.74. The molecule has 1 N–H and O–H groups in total. The van der Waals surface area contributed by atoms with Crippen LogP contribution < -0.4 is 5.32 Å². The summed E-state index contributed by atoms with van der Waals surface area (Å²) in [5.74, 6) is 0.968. The highest BCUT2D eigenvalue weighted by atomic mass is 16.1. The van der Waals surface area contributed by atoms with Crippen molar-refractivity contribution in [2.24, 2.45) is 0 Å². The quantitative estimate of drug-likeness (QED) is 0.805. The Morgan fingerprint density at radius 2 is 2.24 bits per heavy atom. The van der Waals surface area contributed by atoms with Crippen LogP contribution in [0.1, 0.15) is 28.8 Å². The molecular weight excluding hydrogens is 214 g/mol. The zero-order valence-electron chi connectivity index (χ0n) is 9.60. The van der Waals surface area contributed by atoms with Gasteiger partial charge in [-0.05, 0) is 12.1 Å². The van der Waals surface area contributed by atoms with E-state index in [1.807, 2.05) is 30.5 Å². The molecule has 0 spiro atoms. The molecule has 0 saturated heterocycles. The van der Waals surface area contributed by atoms with Crippen molar-refractivity contribution in [3.05, 3.63) is 47.5 Å². The molecule has 0 saturated carbocycles. The molecule has 17 heavy (non-hydrogen) atoms. The maximum atomic E-state index is 11.9. The number of nitrogens with zero attached hydrogens (tertiary/aromatic N) is 2. The van der Waals surface area contributed by atoms with Gasteiger partial charge in [0.2, 0.25) is 0 Å². The zero-order valence-corrected chi connectivity index (χ0v) is 9.60. The van der Waals surface area contributed by atoms with Gasteiger partial charge in [0.25, 0.3) is 5.91 Å². The van der Waals surface area contributed by atoms with E-state index in [9.17, 15) is 4.79 Å². The first kappa shape index (κ1) is 10.1. The summed E-state index contributed by atoms with van der Waals surface area (Å²) < 4.78 is 2.08. The number of aromatic nitrogens is 2. The van der Waals surface area contributed by atoms with E-state index in [1.165, 1.54) is 0 Å². The Labute approximate surface area is 99.3 Å². The Balaban J connectivity index is 2.31. The van der Waals surface area contributed by atoms with Gasteiger partial charge in [-0.3, -0.25) is 9.36 Å². The Hall–Kier alpha value is -2.10. The Morgan fingerprint density at radius 3 is 3.06 bits per heavy atom. The summed E-state index contributed by atoms with van der Waals surface area (Å²) in [7, 11) is 0. The average molecular weight is 227 g/mol. The predicted octanol–water partition coefficient (Wildman–Crippen LogP) is 1.68. The van der Waals surface area contributed by atoms with Crippen LogP contribution in [-0.2, 0) is 13.0 Å². The lowest BCUT2D eigenvalue weighted by atomic mass is 10.1. The Bertz CT molecular complexity index is 586. The molecule has 1 aromatic carbocycles. The molecule has 0 bridgehead atoms. The Morgan fingerprint density at radius 1 is 1.41 bits per heavy atom. The number of rotatable bonds is 1. The van der Waals surface area contributed by atoms with Crippen molar-refractivity contribution >= 4 is 5.91 Å². The number of imidazole rings is 1. The number of aryl methyl sites for hydroxylation is 1. The van der Waals surface area contributed by atoms with Crippen molar-refractivity contribution in [1.29, 1.82) is 0 Å². The maximum Gasteiger partial charge on any atom is 0.253 e. The van der Waals surface area contributed by atoms with Crippen LogP contribution in [0.4, 0.5) is 0 Å². The molecule has 0 aliphatic carbocycles. The van der Waals surface area contributed by atoms with Crippen LogP contribution >= 0.6 is 0 Å². The van der Waals surface area contributed by atoms with Gasteiger partial charge in [-0.1, -0.05) is 19.1 Å². The number of fused-ring (bicyclic) bond motifs is 3. The molecular formula is C13H13N3O. The third kappa shape index (κ3) is 1.45. The fourth-order valence-electron chi connectivity index (χ4n) is 2.22. The van der Waals surface area contributed by atoms with Gasteiger partial charge in [0, 0.05) is 6.42 Å². The van der Waals surface area contributed by atoms with Crippen molar-refractivity contribution in [1.82, 2.24) is 14.9 Å². The summed E-state index contributed by atoms with van der Waals surface area (Å²) in [4.78, 5) is 16.3. The second-order valence-corrected chi connectivity index (χ2v) is 4.05. The molecule has 0 atom stereocenters. The van der Waals surface area contributed by atoms with Gasteiger partial charge in [-0.15, -0.1) is 0 Å². The van der Waals surface area contributed by atoms with E-state index >= 15 is 0 Å². The summed E-state index contributed by atoms with van der Waals surface area (Å²) in [6.07, 6.45) is 2.68. The number of carbonyl (C=O) groups excluding carboxylic acids is 1. The van der Waals surface area contributed by atoms with Crippen LogP contribution in [0.3, 0.4) is 0 Å². The van der Waals surface area contributed by atoms with Gasteiger partial charge in [-0.25, -0.2) is 4.98 Å². The smallest absolute Gasteiger partial charge is 0.253 e. The van der Waals surface area contributed by atoms with Gasteiger partial charge in [0.1, 0.15) is 5.82 Å². The van der Waals surface area contributed by atoms with E-state index in [2.05, 4.69) is 21.8 Å². The van der Waals surface area contributed by atoms with E-state index in [-0.39, 0.29) is 5.91 Å². The molecule has 2 heterocycles. The number of benzene rings is 1. The van der Waals surface area contributed by atoms with Gasteiger partial charge in [0.15, 0.2) is 0 Å². The second kappa shape index (κ2) is 3.73. The number of nitrogens with one attached hydrogen (secondary N) is 1. The molecule has 0 radical (unpaired) electrons. The summed E-state index contributed by atoms with van der Waals surface area (Å²) in [6, 6.07) is 7.64. The predicted molar refractivity (Wildman–Crippen MR) is 64.1 cm³/mol. The topological polar surface area (TPSA) is 46.9 Å². The van der Waals surface area contributed by atoms with Gasteiger partial charge in [0.05, 0.1) is 29.7 Å². The zero-order chi connectivity index (χ0) is 11.8. The molecule has 1 amide bonds. The average Bonchev–Trinajstić information content (AvgIpc) is 2.72. The molecule has 86 valence electrons. The lowest BCUT2D eigenvalue weighted by molar-refractivity contribution is 0.0953. The minimum absolute atomic E-state index is 0.0219. The van der Waals surface area contributed by atoms with E-state index in [1.54, 1.807) is 0 Å². The minimum atomic E-state index is -0.0219. The first-order valence-corrected chi connectivity index (χ1v) is 5.74. The van der Waals surface area contributed by atoms with Crippen molar-refractivity contribution < 1.29 is 4.79 Å². The SMILES string of the molecule is CCc1ncc2n1-c1ccccc1C(=O)NC2. The van der Waals surface area contributed by atoms with Gasteiger partial charge in [-0.2, -0.15) is 0 Å². The number of hydrogen-bond acceptors (Lipinski definition) is 2. The summed E-state index contributed by atoms with van der Waals surface area (Å²) in [5, 5.41) is 2.89. The number of para-hydroxylation sites is 1. The van der Waals surface area contributed by atoms with Crippen LogP contribution in [0.5, 0.6) is 0 Å². The highest BCUT2D eigenvalue weighted by Crippen LogP contribution is 2.22. The van der Waals surface area contributed by atoms with Crippen LogP contribution in [0.15, 0.2) is 30.5 Å². The van der Waals surface area contributed by atoms with Crippen molar-refractivity contribution in [2.75, 3.05) is 0 Å². The lowest BCUT2D eigenvalue weighted by Crippen LogP contribution is -2.21. The fraction of sp³-hybridized carbons (Fsp3) is 0.231. The fourth-order valence-corrected chi connectivity index (χ4v) is 2.22. The normalized spacial score (nSPS) is 13.6. The molecule has 4 nitrogen and oxygen atoms in total. The highest BCUT2D eigenvalue weighted by Gasteiger charge is 2.20. The van der Waals surface area contributed by atoms with E-state index < -0.39 is 0 Å². The minimum Gasteiger partial charge on any atom is -0.346 e. The van der Waals surface area contributed by atoms with E-state index in [0.29, 0.717) is 12.1 Å². The number of amides is 1. The van der Waals surface area contributed by atoms with Crippen LogP contribution in [0.25, 0.3) is 5.69 Å². The van der Waals surface area contributed by atoms with Crippen LogP contribution in [-0.4, -0.2) is 15.5 Å². The largest absolute Gasteiger partial charge is 0.346 e. The second-order valence-electron chi connectivity index (χ2n) is 4.05. The van der Waals surface area contributed by atoms with Gasteiger partial charge >= 0.3 is 0 Å². The van der Waals surface area contributed by atoms with E-state index in [0.717, 1.165) is 23.6 Å². The molecule has 0 fully saturated rings. The van der Waals surface area contributed by atoms with Crippen LogP contribution in [0.2, 0.25) is 0 Å². The molecule has 1 aromatic heterocycles. The number of carbonyl (C=O) groups is 1. The number of hydrogen-bond donors (Lipinski definition) is 1. The molecule has 2 aromatic rings. The molecule has 1 aliphatic rings. The van der Waals surface area contributed by atoms with Gasteiger partial charge < -0.3 is 5.32 Å². The molecule has 1 aliphatic heterocycles. The maximum absolute atomic E-state index is 11.9.